The average Bonchev–Trinajstić information content (AvgIpc) is 2.81. The summed E-state index contributed by atoms with van der Waals surface area (Å²) in [6.45, 7) is 2.69. The number of fused-ring (bicyclic) bond motifs is 1. The Labute approximate surface area is 98.8 Å². The predicted octanol–water partition coefficient (Wildman–Crippen LogP) is -0.637. The van der Waals surface area contributed by atoms with E-state index in [0.717, 1.165) is 0 Å². The molecule has 2 atom stereocenters. The zero-order valence-electron chi connectivity index (χ0n) is 9.55. The number of carbonyl (C=O) groups is 3. The van der Waals surface area contributed by atoms with Crippen LogP contribution in [-0.2, 0) is 14.4 Å². The lowest BCUT2D eigenvalue weighted by Crippen LogP contribution is -2.37. The van der Waals surface area contributed by atoms with Gasteiger partial charge in [0.1, 0.15) is 6.42 Å². The standard InChI is InChI=1S/C11H13N3O3/c1-2-14-10(16)7-5-13(9(15)3-4-12)6-8(7)11(14)17/h7-8H,2-3,5-6H2,1H3/t7-,8-/m0/s1. The van der Waals surface area contributed by atoms with Gasteiger partial charge in [0, 0.05) is 19.6 Å². The van der Waals surface area contributed by atoms with Gasteiger partial charge >= 0.3 is 0 Å². The van der Waals surface area contributed by atoms with Gasteiger partial charge in [0.25, 0.3) is 0 Å². The summed E-state index contributed by atoms with van der Waals surface area (Å²) in [5.74, 6) is -1.47. The van der Waals surface area contributed by atoms with Crippen LogP contribution in [0.25, 0.3) is 0 Å². The van der Waals surface area contributed by atoms with Gasteiger partial charge in [0.15, 0.2) is 0 Å². The lowest BCUT2D eigenvalue weighted by Gasteiger charge is -2.18. The van der Waals surface area contributed by atoms with Crippen molar-refractivity contribution >= 4 is 17.7 Å². The highest BCUT2D eigenvalue weighted by Gasteiger charge is 2.52. The third-order valence-corrected chi connectivity index (χ3v) is 3.39. The van der Waals surface area contributed by atoms with Crippen LogP contribution in [0.4, 0.5) is 0 Å². The van der Waals surface area contributed by atoms with Gasteiger partial charge < -0.3 is 4.90 Å². The monoisotopic (exact) mass is 235 g/mol. The number of hydrogen-bond acceptors (Lipinski definition) is 4. The smallest absolute Gasteiger partial charge is 0.236 e. The maximum atomic E-state index is 11.9. The molecule has 2 aliphatic heterocycles. The first kappa shape index (κ1) is 11.6. The van der Waals surface area contributed by atoms with Crippen molar-refractivity contribution in [1.29, 1.82) is 5.26 Å². The Morgan fingerprint density at radius 1 is 1.35 bits per heavy atom. The normalized spacial score (nSPS) is 27.3. The van der Waals surface area contributed by atoms with E-state index in [4.69, 9.17) is 5.26 Å². The first-order valence-electron chi connectivity index (χ1n) is 5.60. The second-order valence-corrected chi connectivity index (χ2v) is 4.27. The van der Waals surface area contributed by atoms with Gasteiger partial charge in [-0.2, -0.15) is 5.26 Å². The van der Waals surface area contributed by atoms with Crippen molar-refractivity contribution in [3.8, 4) is 6.07 Å². The number of hydrogen-bond donors (Lipinski definition) is 0. The van der Waals surface area contributed by atoms with Crippen LogP contribution in [0.2, 0.25) is 0 Å². The minimum atomic E-state index is -0.398. The number of imide groups is 1. The second-order valence-electron chi connectivity index (χ2n) is 4.27. The molecule has 0 spiro atoms. The summed E-state index contributed by atoms with van der Waals surface area (Å²) in [7, 11) is 0. The van der Waals surface area contributed by atoms with Crippen LogP contribution in [0.15, 0.2) is 0 Å². The molecule has 6 nitrogen and oxygen atoms in total. The highest BCUT2D eigenvalue weighted by Crippen LogP contribution is 2.33. The zero-order valence-corrected chi connectivity index (χ0v) is 9.55. The van der Waals surface area contributed by atoms with Crippen molar-refractivity contribution in [2.24, 2.45) is 11.8 Å². The fourth-order valence-corrected chi connectivity index (χ4v) is 2.51. The summed E-state index contributed by atoms with van der Waals surface area (Å²) in [5, 5.41) is 8.44. The average molecular weight is 235 g/mol. The quantitative estimate of drug-likeness (QED) is 0.596. The van der Waals surface area contributed by atoms with Crippen LogP contribution in [0, 0.1) is 23.2 Å². The SMILES string of the molecule is CCN1C(=O)[C@H]2CN(C(=O)CC#N)C[C@@H]2C1=O. The molecule has 3 amide bonds. The maximum absolute atomic E-state index is 11.9. The van der Waals surface area contributed by atoms with Crippen LogP contribution in [0.5, 0.6) is 0 Å². The molecule has 0 aromatic rings. The summed E-state index contributed by atoms with van der Waals surface area (Å²) < 4.78 is 0. The molecule has 0 saturated carbocycles. The van der Waals surface area contributed by atoms with Crippen molar-refractivity contribution in [3.63, 3.8) is 0 Å². The first-order valence-corrected chi connectivity index (χ1v) is 5.60. The summed E-state index contributed by atoms with van der Waals surface area (Å²) in [6, 6.07) is 1.78. The van der Waals surface area contributed by atoms with Gasteiger partial charge in [0.05, 0.1) is 17.9 Å². The Hall–Kier alpha value is -1.90. The van der Waals surface area contributed by atoms with Crippen molar-refractivity contribution < 1.29 is 14.4 Å². The fourth-order valence-electron chi connectivity index (χ4n) is 2.51. The Morgan fingerprint density at radius 2 is 1.88 bits per heavy atom. The molecule has 6 heteroatoms. The minimum Gasteiger partial charge on any atom is -0.340 e. The van der Waals surface area contributed by atoms with Crippen LogP contribution >= 0.6 is 0 Å². The Morgan fingerprint density at radius 3 is 2.29 bits per heavy atom. The highest BCUT2D eigenvalue weighted by molar-refractivity contribution is 6.06. The molecule has 2 rings (SSSR count). The molecule has 0 N–H and O–H groups in total. The van der Waals surface area contributed by atoms with Gasteiger partial charge in [-0.1, -0.05) is 0 Å². The molecule has 2 heterocycles. The predicted molar refractivity (Wildman–Crippen MR) is 56.2 cm³/mol. The van der Waals surface area contributed by atoms with Gasteiger partial charge in [-0.25, -0.2) is 0 Å². The fraction of sp³-hybridized carbons (Fsp3) is 0.636. The Kier molecular flexibility index (Phi) is 2.84. The summed E-state index contributed by atoms with van der Waals surface area (Å²) in [4.78, 5) is 37.9. The molecule has 0 aromatic carbocycles. The van der Waals surface area contributed by atoms with E-state index in [2.05, 4.69) is 0 Å². The lowest BCUT2D eigenvalue weighted by atomic mass is 10.00. The van der Waals surface area contributed by atoms with Gasteiger partial charge in [-0.05, 0) is 6.92 Å². The largest absolute Gasteiger partial charge is 0.340 e. The van der Waals surface area contributed by atoms with E-state index < -0.39 is 11.8 Å². The van der Waals surface area contributed by atoms with E-state index in [-0.39, 0.29) is 37.2 Å². The van der Waals surface area contributed by atoms with Gasteiger partial charge in [0.2, 0.25) is 17.7 Å². The molecule has 90 valence electrons. The first-order chi connectivity index (χ1) is 8.10. The lowest BCUT2D eigenvalue weighted by molar-refractivity contribution is -0.140. The van der Waals surface area contributed by atoms with Crippen LogP contribution < -0.4 is 0 Å². The van der Waals surface area contributed by atoms with E-state index in [1.54, 1.807) is 13.0 Å². The van der Waals surface area contributed by atoms with Crippen molar-refractivity contribution in [2.45, 2.75) is 13.3 Å². The van der Waals surface area contributed by atoms with E-state index in [9.17, 15) is 14.4 Å². The van der Waals surface area contributed by atoms with Crippen LogP contribution in [0.3, 0.4) is 0 Å². The third-order valence-electron chi connectivity index (χ3n) is 3.39. The van der Waals surface area contributed by atoms with Crippen LogP contribution in [-0.4, -0.2) is 47.2 Å². The third kappa shape index (κ3) is 1.68. The van der Waals surface area contributed by atoms with Gasteiger partial charge in [-0.15, -0.1) is 0 Å². The molecule has 0 bridgehead atoms. The Balaban J connectivity index is 2.10. The van der Waals surface area contributed by atoms with E-state index in [0.29, 0.717) is 6.54 Å². The van der Waals surface area contributed by atoms with E-state index in [1.165, 1.54) is 9.80 Å². The molecule has 2 aliphatic rings. The summed E-state index contributed by atoms with van der Waals surface area (Å²) >= 11 is 0. The topological polar surface area (TPSA) is 81.5 Å². The maximum Gasteiger partial charge on any atom is 0.236 e. The zero-order chi connectivity index (χ0) is 12.6. The Bertz CT molecular complexity index is 402. The van der Waals surface area contributed by atoms with Crippen molar-refractivity contribution in [3.05, 3.63) is 0 Å². The molecule has 2 saturated heterocycles. The number of rotatable bonds is 2. The molecular weight excluding hydrogens is 222 g/mol. The summed E-state index contributed by atoms with van der Waals surface area (Å²) in [6.07, 6.45) is -0.195. The van der Waals surface area contributed by atoms with E-state index in [1.807, 2.05) is 0 Å². The number of nitriles is 1. The van der Waals surface area contributed by atoms with Gasteiger partial charge in [-0.3, -0.25) is 19.3 Å². The number of nitrogens with zero attached hydrogens (tertiary/aromatic N) is 3. The van der Waals surface area contributed by atoms with Crippen LogP contribution in [0.1, 0.15) is 13.3 Å². The summed E-state index contributed by atoms with van der Waals surface area (Å²) in [5.41, 5.74) is 0. The molecule has 0 aromatic heterocycles. The van der Waals surface area contributed by atoms with Crippen molar-refractivity contribution in [2.75, 3.05) is 19.6 Å². The minimum absolute atomic E-state index is 0.185. The van der Waals surface area contributed by atoms with E-state index >= 15 is 0 Å². The number of carbonyl (C=O) groups excluding carboxylic acids is 3. The molecule has 0 aliphatic carbocycles. The molecule has 17 heavy (non-hydrogen) atoms. The number of amides is 3. The molecule has 2 fully saturated rings. The molecular formula is C11H13N3O3. The highest BCUT2D eigenvalue weighted by atomic mass is 16.2. The number of likely N-dealkylation sites (tertiary alicyclic amines) is 2. The second kappa shape index (κ2) is 4.17. The van der Waals surface area contributed by atoms with Crippen molar-refractivity contribution in [1.82, 2.24) is 9.80 Å². The molecule has 0 unspecified atom stereocenters. The molecule has 0 radical (unpaired) electrons.